The molecule has 1 atom stereocenters. The SMILES string of the molecule is NC(c1ccccc1)c1nc2cccnc2s1. The Bertz CT molecular complexity index is 600. The molecule has 0 saturated carbocycles. The van der Waals surface area contributed by atoms with Crippen LogP contribution in [0, 0.1) is 0 Å². The maximum atomic E-state index is 6.20. The van der Waals surface area contributed by atoms with Crippen LogP contribution in [0.1, 0.15) is 16.6 Å². The van der Waals surface area contributed by atoms with Crippen molar-refractivity contribution in [2.24, 2.45) is 5.73 Å². The van der Waals surface area contributed by atoms with Gasteiger partial charge < -0.3 is 5.73 Å². The lowest BCUT2D eigenvalue weighted by Crippen LogP contribution is -2.10. The van der Waals surface area contributed by atoms with Gasteiger partial charge in [-0.25, -0.2) is 9.97 Å². The number of hydrogen-bond donors (Lipinski definition) is 1. The Hall–Kier alpha value is -1.78. The Morgan fingerprint density at radius 2 is 1.88 bits per heavy atom. The topological polar surface area (TPSA) is 51.8 Å². The number of thiazole rings is 1. The highest BCUT2D eigenvalue weighted by Gasteiger charge is 2.13. The molecule has 0 radical (unpaired) electrons. The molecule has 1 unspecified atom stereocenters. The minimum atomic E-state index is -0.171. The quantitative estimate of drug-likeness (QED) is 0.750. The van der Waals surface area contributed by atoms with Crippen molar-refractivity contribution in [3.8, 4) is 0 Å². The predicted octanol–water partition coefficient (Wildman–Crippen LogP) is 2.74. The molecule has 0 amide bonds. The van der Waals surface area contributed by atoms with Crippen molar-refractivity contribution in [3.63, 3.8) is 0 Å². The van der Waals surface area contributed by atoms with Gasteiger partial charge >= 0.3 is 0 Å². The van der Waals surface area contributed by atoms with Crippen molar-refractivity contribution in [1.82, 2.24) is 9.97 Å². The van der Waals surface area contributed by atoms with Gasteiger partial charge in [0, 0.05) is 6.20 Å². The Labute approximate surface area is 103 Å². The minimum Gasteiger partial charge on any atom is -0.318 e. The fourth-order valence-corrected chi connectivity index (χ4v) is 2.66. The minimum absolute atomic E-state index is 0.171. The van der Waals surface area contributed by atoms with Crippen LogP contribution in [0.2, 0.25) is 0 Å². The lowest BCUT2D eigenvalue weighted by Gasteiger charge is -2.07. The monoisotopic (exact) mass is 241 g/mol. The lowest BCUT2D eigenvalue weighted by atomic mass is 10.1. The van der Waals surface area contributed by atoms with E-state index in [1.165, 1.54) is 0 Å². The molecule has 0 aliphatic rings. The van der Waals surface area contributed by atoms with Crippen LogP contribution in [0.15, 0.2) is 48.7 Å². The first kappa shape index (κ1) is 10.4. The first-order chi connectivity index (χ1) is 8.34. The van der Waals surface area contributed by atoms with Gasteiger partial charge in [-0.2, -0.15) is 0 Å². The number of fused-ring (bicyclic) bond motifs is 1. The molecule has 3 nitrogen and oxygen atoms in total. The van der Waals surface area contributed by atoms with Crippen molar-refractivity contribution in [1.29, 1.82) is 0 Å². The van der Waals surface area contributed by atoms with Crippen molar-refractivity contribution < 1.29 is 0 Å². The predicted molar refractivity (Wildman–Crippen MR) is 69.9 cm³/mol. The van der Waals surface area contributed by atoms with E-state index in [4.69, 9.17) is 5.73 Å². The molecular formula is C13H11N3S. The second-order valence-electron chi connectivity index (χ2n) is 3.77. The summed E-state index contributed by atoms with van der Waals surface area (Å²) in [6.07, 6.45) is 1.78. The fourth-order valence-electron chi connectivity index (χ4n) is 1.72. The van der Waals surface area contributed by atoms with E-state index < -0.39 is 0 Å². The summed E-state index contributed by atoms with van der Waals surface area (Å²) < 4.78 is 0. The second-order valence-corrected chi connectivity index (χ2v) is 4.78. The Morgan fingerprint density at radius 3 is 2.65 bits per heavy atom. The highest BCUT2D eigenvalue weighted by Crippen LogP contribution is 2.27. The van der Waals surface area contributed by atoms with Gasteiger partial charge in [-0.3, -0.25) is 0 Å². The summed E-state index contributed by atoms with van der Waals surface area (Å²) in [7, 11) is 0. The van der Waals surface area contributed by atoms with Crippen LogP contribution in [-0.4, -0.2) is 9.97 Å². The Morgan fingerprint density at radius 1 is 1.06 bits per heavy atom. The van der Waals surface area contributed by atoms with Gasteiger partial charge in [-0.1, -0.05) is 41.7 Å². The highest BCUT2D eigenvalue weighted by atomic mass is 32.1. The van der Waals surface area contributed by atoms with Gasteiger partial charge in [0.25, 0.3) is 0 Å². The van der Waals surface area contributed by atoms with Crippen molar-refractivity contribution in [2.45, 2.75) is 6.04 Å². The third-order valence-electron chi connectivity index (χ3n) is 2.61. The van der Waals surface area contributed by atoms with E-state index in [2.05, 4.69) is 9.97 Å². The molecular weight excluding hydrogens is 230 g/mol. The summed E-state index contributed by atoms with van der Waals surface area (Å²) in [4.78, 5) is 9.74. The molecule has 3 rings (SSSR count). The van der Waals surface area contributed by atoms with Crippen LogP contribution >= 0.6 is 11.3 Å². The summed E-state index contributed by atoms with van der Waals surface area (Å²) >= 11 is 1.55. The lowest BCUT2D eigenvalue weighted by molar-refractivity contribution is 0.862. The van der Waals surface area contributed by atoms with Crippen molar-refractivity contribution >= 4 is 21.7 Å². The molecule has 4 heteroatoms. The third kappa shape index (κ3) is 1.92. The number of hydrogen-bond acceptors (Lipinski definition) is 4. The number of nitrogens with zero attached hydrogens (tertiary/aromatic N) is 2. The molecule has 3 aromatic rings. The molecule has 0 bridgehead atoms. The van der Waals surface area contributed by atoms with Crippen LogP contribution in [0.3, 0.4) is 0 Å². The maximum Gasteiger partial charge on any atom is 0.143 e. The van der Waals surface area contributed by atoms with E-state index in [-0.39, 0.29) is 6.04 Å². The summed E-state index contributed by atoms with van der Waals surface area (Å²) in [6, 6.07) is 13.7. The average molecular weight is 241 g/mol. The molecule has 84 valence electrons. The van der Waals surface area contributed by atoms with Gasteiger partial charge in [0.1, 0.15) is 15.4 Å². The molecule has 0 aliphatic carbocycles. The van der Waals surface area contributed by atoms with Crippen LogP contribution in [0.4, 0.5) is 0 Å². The van der Waals surface area contributed by atoms with E-state index in [0.29, 0.717) is 0 Å². The average Bonchev–Trinajstić information content (AvgIpc) is 2.82. The van der Waals surface area contributed by atoms with E-state index in [1.54, 1.807) is 17.5 Å². The zero-order valence-corrected chi connectivity index (χ0v) is 9.89. The summed E-state index contributed by atoms with van der Waals surface area (Å²) in [5.41, 5.74) is 8.19. The van der Waals surface area contributed by atoms with Crippen LogP contribution in [-0.2, 0) is 0 Å². The Kier molecular flexibility index (Phi) is 2.59. The zero-order valence-electron chi connectivity index (χ0n) is 9.08. The van der Waals surface area contributed by atoms with E-state index in [9.17, 15) is 0 Å². The van der Waals surface area contributed by atoms with Gasteiger partial charge in [0.2, 0.25) is 0 Å². The molecule has 0 aliphatic heterocycles. The van der Waals surface area contributed by atoms with Gasteiger partial charge in [-0.05, 0) is 17.7 Å². The van der Waals surface area contributed by atoms with Crippen molar-refractivity contribution in [2.75, 3.05) is 0 Å². The number of nitrogens with two attached hydrogens (primary N) is 1. The van der Waals surface area contributed by atoms with E-state index in [1.807, 2.05) is 42.5 Å². The first-order valence-electron chi connectivity index (χ1n) is 5.36. The molecule has 0 spiro atoms. The number of rotatable bonds is 2. The third-order valence-corrected chi connectivity index (χ3v) is 3.67. The molecule has 2 aromatic heterocycles. The summed E-state index contributed by atoms with van der Waals surface area (Å²) in [5, 5.41) is 0.907. The maximum absolute atomic E-state index is 6.20. The molecule has 2 N–H and O–H groups in total. The molecule has 2 heterocycles. The molecule has 17 heavy (non-hydrogen) atoms. The van der Waals surface area contributed by atoms with Crippen LogP contribution in [0.25, 0.3) is 10.3 Å². The number of pyridine rings is 1. The van der Waals surface area contributed by atoms with Crippen LogP contribution in [0.5, 0.6) is 0 Å². The fraction of sp³-hybridized carbons (Fsp3) is 0.0769. The molecule has 1 aromatic carbocycles. The Balaban J connectivity index is 2.04. The molecule has 0 saturated heterocycles. The van der Waals surface area contributed by atoms with Crippen LogP contribution < -0.4 is 5.73 Å². The van der Waals surface area contributed by atoms with Gasteiger partial charge in [-0.15, -0.1) is 0 Å². The summed E-state index contributed by atoms with van der Waals surface area (Å²) in [5.74, 6) is 0. The normalized spacial score (nSPS) is 12.8. The standard InChI is InChI=1S/C13H11N3S/c14-11(9-5-2-1-3-6-9)13-16-10-7-4-8-15-12(10)17-13/h1-8,11H,14H2. The molecule has 0 fully saturated rings. The zero-order chi connectivity index (χ0) is 11.7. The smallest absolute Gasteiger partial charge is 0.143 e. The van der Waals surface area contributed by atoms with Gasteiger partial charge in [0.05, 0.1) is 6.04 Å². The second kappa shape index (κ2) is 4.24. The van der Waals surface area contributed by atoms with Gasteiger partial charge in [0.15, 0.2) is 0 Å². The number of aromatic nitrogens is 2. The number of benzene rings is 1. The highest BCUT2D eigenvalue weighted by molar-refractivity contribution is 7.18. The summed E-state index contributed by atoms with van der Waals surface area (Å²) in [6.45, 7) is 0. The largest absolute Gasteiger partial charge is 0.318 e. The van der Waals surface area contributed by atoms with E-state index in [0.717, 1.165) is 20.9 Å². The van der Waals surface area contributed by atoms with E-state index >= 15 is 0 Å². The van der Waals surface area contributed by atoms with Crippen molar-refractivity contribution in [3.05, 3.63) is 59.2 Å². The first-order valence-corrected chi connectivity index (χ1v) is 6.18.